The zero-order chi connectivity index (χ0) is 19.3. The number of benzene rings is 1. The minimum atomic E-state index is -0.239. The van der Waals surface area contributed by atoms with Crippen LogP contribution in [0.2, 0.25) is 0 Å². The maximum atomic E-state index is 13.0. The second kappa shape index (κ2) is 8.65. The van der Waals surface area contributed by atoms with E-state index in [0.29, 0.717) is 23.3 Å². The zero-order valence-corrected chi connectivity index (χ0v) is 16.0. The molecular weight excluding hydrogens is 331 g/mol. The maximum absolute atomic E-state index is 13.0. The van der Waals surface area contributed by atoms with Crippen LogP contribution in [0.1, 0.15) is 42.7 Å². The van der Waals surface area contributed by atoms with Crippen molar-refractivity contribution >= 4 is 6.08 Å². The van der Waals surface area contributed by atoms with E-state index < -0.39 is 0 Å². The van der Waals surface area contributed by atoms with Crippen molar-refractivity contribution in [2.24, 2.45) is 0 Å². The molecule has 0 fully saturated rings. The lowest BCUT2D eigenvalue weighted by atomic mass is 10.0. The van der Waals surface area contributed by atoms with Crippen molar-refractivity contribution in [3.63, 3.8) is 0 Å². The van der Waals surface area contributed by atoms with E-state index in [1.165, 1.54) is 24.8 Å². The molecule has 0 unspecified atom stereocenters. The lowest BCUT2D eigenvalue weighted by molar-refractivity contribution is 0.279. The van der Waals surface area contributed by atoms with Crippen molar-refractivity contribution in [3.05, 3.63) is 80.0 Å². The first-order valence-electron chi connectivity index (χ1n) is 8.60. The van der Waals surface area contributed by atoms with E-state index in [1.807, 2.05) is 19.9 Å². The van der Waals surface area contributed by atoms with Crippen LogP contribution in [0.3, 0.4) is 0 Å². The van der Waals surface area contributed by atoms with Gasteiger partial charge in [-0.1, -0.05) is 35.4 Å². The van der Waals surface area contributed by atoms with Crippen LogP contribution in [-0.4, -0.2) is 7.11 Å². The van der Waals surface area contributed by atoms with Gasteiger partial charge in [0, 0.05) is 12.0 Å². The van der Waals surface area contributed by atoms with Gasteiger partial charge >= 0.3 is 0 Å². The number of hydrogen-bond acceptors (Lipinski definition) is 3. The van der Waals surface area contributed by atoms with E-state index in [0.717, 1.165) is 17.6 Å². The summed E-state index contributed by atoms with van der Waals surface area (Å²) in [4.78, 5) is 12.2. The number of ether oxygens (including phenoxy) is 1. The van der Waals surface area contributed by atoms with Crippen LogP contribution in [-0.2, 0) is 6.42 Å². The van der Waals surface area contributed by atoms with Gasteiger partial charge in [0.15, 0.2) is 5.43 Å². The molecule has 0 aliphatic rings. The van der Waals surface area contributed by atoms with E-state index in [-0.39, 0.29) is 17.2 Å². The number of aryl methyl sites for hydroxylation is 1. The van der Waals surface area contributed by atoms with Gasteiger partial charge in [0.1, 0.15) is 11.6 Å². The van der Waals surface area contributed by atoms with Crippen LogP contribution in [0.5, 0.6) is 5.95 Å². The molecule has 1 heterocycles. The standard InChI is InChI=1S/C22H25FO3/c1-14(12-15(2)13-18-7-9-19(23)10-8-18)6-11-20-16(3)21(24)17(4)22(25-5)26-20/h7-10,12-13H,6,11H2,1-5H3/b14-12+,15-13+. The van der Waals surface area contributed by atoms with Gasteiger partial charge in [-0.15, -0.1) is 0 Å². The minimum Gasteiger partial charge on any atom is -0.468 e. The summed E-state index contributed by atoms with van der Waals surface area (Å²) >= 11 is 0. The Hall–Kier alpha value is -2.62. The van der Waals surface area contributed by atoms with E-state index in [1.54, 1.807) is 26.0 Å². The largest absolute Gasteiger partial charge is 0.468 e. The summed E-state index contributed by atoms with van der Waals surface area (Å²) in [5.41, 5.74) is 4.31. The van der Waals surface area contributed by atoms with E-state index >= 15 is 0 Å². The first-order chi connectivity index (χ1) is 12.3. The smallest absolute Gasteiger partial charge is 0.291 e. The van der Waals surface area contributed by atoms with Crippen molar-refractivity contribution in [3.8, 4) is 5.95 Å². The molecule has 4 heteroatoms. The molecule has 3 nitrogen and oxygen atoms in total. The second-order valence-corrected chi connectivity index (χ2v) is 6.53. The van der Waals surface area contributed by atoms with E-state index in [4.69, 9.17) is 9.15 Å². The van der Waals surface area contributed by atoms with Crippen LogP contribution in [0.25, 0.3) is 6.08 Å². The SMILES string of the molecule is COc1oc(CC/C(C)=C/C(C)=C/c2ccc(F)cc2)c(C)c(=O)c1C. The third-order valence-electron chi connectivity index (χ3n) is 4.29. The first kappa shape index (κ1) is 19.7. The molecule has 0 aliphatic carbocycles. The Balaban J connectivity index is 2.11. The monoisotopic (exact) mass is 356 g/mol. The fourth-order valence-corrected chi connectivity index (χ4v) is 2.83. The van der Waals surface area contributed by atoms with Crippen molar-refractivity contribution in [2.45, 2.75) is 40.5 Å². The summed E-state index contributed by atoms with van der Waals surface area (Å²) in [6.07, 6.45) is 5.49. The van der Waals surface area contributed by atoms with Gasteiger partial charge in [-0.05, 0) is 51.8 Å². The van der Waals surface area contributed by atoms with Crippen LogP contribution in [0.4, 0.5) is 4.39 Å². The predicted octanol–water partition coefficient (Wildman–Crippen LogP) is 5.39. The fraction of sp³-hybridized carbons (Fsp3) is 0.318. The number of allylic oxidation sites excluding steroid dienone is 3. The quantitative estimate of drug-likeness (QED) is 0.652. The number of rotatable bonds is 6. The fourth-order valence-electron chi connectivity index (χ4n) is 2.83. The molecule has 0 bridgehead atoms. The Morgan fingerprint density at radius 1 is 1.15 bits per heavy atom. The van der Waals surface area contributed by atoms with E-state index in [9.17, 15) is 9.18 Å². The van der Waals surface area contributed by atoms with Gasteiger partial charge in [-0.25, -0.2) is 4.39 Å². The summed E-state index contributed by atoms with van der Waals surface area (Å²) < 4.78 is 23.8. The van der Waals surface area contributed by atoms with Gasteiger partial charge in [0.2, 0.25) is 0 Å². The summed E-state index contributed by atoms with van der Waals surface area (Å²) in [6.45, 7) is 7.54. The Kier molecular flexibility index (Phi) is 6.56. The summed E-state index contributed by atoms with van der Waals surface area (Å²) in [5.74, 6) is 0.701. The van der Waals surface area contributed by atoms with Gasteiger partial charge in [-0.3, -0.25) is 4.79 Å². The Bertz CT molecular complexity index is 887. The van der Waals surface area contributed by atoms with Crippen LogP contribution < -0.4 is 10.2 Å². The number of hydrogen-bond donors (Lipinski definition) is 0. The molecule has 0 spiro atoms. The highest BCUT2D eigenvalue weighted by molar-refractivity contribution is 5.55. The van der Waals surface area contributed by atoms with Crippen LogP contribution >= 0.6 is 0 Å². The molecule has 2 rings (SSSR count). The Morgan fingerprint density at radius 2 is 1.81 bits per heavy atom. The summed E-state index contributed by atoms with van der Waals surface area (Å²) in [6, 6.07) is 6.40. The molecule has 0 saturated carbocycles. The highest BCUT2D eigenvalue weighted by Gasteiger charge is 2.13. The molecular formula is C22H25FO3. The Labute approximate surface area is 153 Å². The minimum absolute atomic E-state index is 0.0304. The second-order valence-electron chi connectivity index (χ2n) is 6.53. The van der Waals surface area contributed by atoms with Crippen LogP contribution in [0.15, 0.2) is 50.7 Å². The molecule has 0 aliphatic heterocycles. The third kappa shape index (κ3) is 4.94. The molecule has 2 aromatic rings. The predicted molar refractivity (Wildman–Crippen MR) is 103 cm³/mol. The average molecular weight is 356 g/mol. The zero-order valence-electron chi connectivity index (χ0n) is 16.0. The topological polar surface area (TPSA) is 39.4 Å². The normalized spacial score (nSPS) is 12.4. The average Bonchev–Trinajstić information content (AvgIpc) is 2.61. The number of halogens is 1. The van der Waals surface area contributed by atoms with Gasteiger partial charge in [-0.2, -0.15) is 0 Å². The molecule has 1 aromatic carbocycles. The van der Waals surface area contributed by atoms with Crippen molar-refractivity contribution in [1.82, 2.24) is 0 Å². The van der Waals surface area contributed by atoms with Crippen molar-refractivity contribution in [2.75, 3.05) is 7.11 Å². The highest BCUT2D eigenvalue weighted by Crippen LogP contribution is 2.21. The molecule has 0 amide bonds. The third-order valence-corrected chi connectivity index (χ3v) is 4.29. The van der Waals surface area contributed by atoms with Crippen LogP contribution in [0, 0.1) is 19.7 Å². The first-order valence-corrected chi connectivity index (χ1v) is 8.60. The molecule has 26 heavy (non-hydrogen) atoms. The molecule has 0 radical (unpaired) electrons. The highest BCUT2D eigenvalue weighted by atomic mass is 19.1. The van der Waals surface area contributed by atoms with Gasteiger partial charge < -0.3 is 9.15 Å². The molecule has 1 aromatic heterocycles. The van der Waals surface area contributed by atoms with Crippen molar-refractivity contribution in [1.29, 1.82) is 0 Å². The number of methoxy groups -OCH3 is 1. The lowest BCUT2D eigenvalue weighted by Gasteiger charge is -2.09. The molecule has 0 saturated heterocycles. The molecule has 138 valence electrons. The molecule has 0 N–H and O–H groups in total. The van der Waals surface area contributed by atoms with Crippen molar-refractivity contribution < 1.29 is 13.5 Å². The maximum Gasteiger partial charge on any atom is 0.291 e. The van der Waals surface area contributed by atoms with E-state index in [2.05, 4.69) is 6.08 Å². The Morgan fingerprint density at radius 3 is 2.42 bits per heavy atom. The summed E-state index contributed by atoms with van der Waals surface area (Å²) in [7, 11) is 1.50. The van der Waals surface area contributed by atoms with Gasteiger partial charge in [0.05, 0.1) is 12.7 Å². The van der Waals surface area contributed by atoms with Gasteiger partial charge in [0.25, 0.3) is 5.95 Å². The lowest BCUT2D eigenvalue weighted by Crippen LogP contribution is -2.13. The molecule has 0 atom stereocenters. The summed E-state index contributed by atoms with van der Waals surface area (Å²) in [5, 5.41) is 0.